The van der Waals surface area contributed by atoms with Crippen LogP contribution >= 0.6 is 24.0 Å². The molecule has 2 rings (SSSR count). The highest BCUT2D eigenvalue weighted by molar-refractivity contribution is 7.98. The summed E-state index contributed by atoms with van der Waals surface area (Å²) in [5.41, 5.74) is 0.767. The Hall–Kier alpha value is -0.880. The summed E-state index contributed by atoms with van der Waals surface area (Å²) in [5, 5.41) is 0. The predicted molar refractivity (Wildman–Crippen MR) is 74.6 cm³/mol. The molecule has 0 bridgehead atoms. The van der Waals surface area contributed by atoms with Gasteiger partial charge in [-0.3, -0.25) is 0 Å². The van der Waals surface area contributed by atoms with Crippen LogP contribution in [-0.4, -0.2) is 21.6 Å². The number of halogens is 2. The molecule has 2 aromatic rings. The Morgan fingerprint density at radius 3 is 2.83 bits per heavy atom. The Kier molecular flexibility index (Phi) is 4.07. The smallest absolute Gasteiger partial charge is 0.184 e. The minimum atomic E-state index is -0.845. The topological polar surface area (TPSA) is 20.7 Å². The van der Waals surface area contributed by atoms with E-state index in [-0.39, 0.29) is 5.52 Å². The number of hydrogen-bond acceptors (Lipinski definition) is 2. The molecule has 0 spiro atoms. The zero-order valence-electron chi connectivity index (χ0n) is 10.2. The summed E-state index contributed by atoms with van der Waals surface area (Å²) in [7, 11) is 0. The molecule has 1 N–H and O–H groups in total. The van der Waals surface area contributed by atoms with Crippen LogP contribution in [0, 0.1) is 22.3 Å². The highest BCUT2D eigenvalue weighted by atomic mass is 32.2. The largest absolute Gasteiger partial charge is 0.330 e. The molecular formula is C12H14F2N2S2. The maximum atomic E-state index is 13.8. The average Bonchev–Trinajstić information content (AvgIpc) is 2.62. The lowest BCUT2D eigenvalue weighted by Crippen LogP contribution is -2.10. The fraction of sp³-hybridized carbons (Fsp3) is 0.417. The van der Waals surface area contributed by atoms with Crippen molar-refractivity contribution >= 4 is 35.0 Å². The molecule has 1 aromatic heterocycles. The second-order valence-corrected chi connectivity index (χ2v) is 5.66. The van der Waals surface area contributed by atoms with E-state index in [9.17, 15) is 8.78 Å². The number of fused-ring (bicyclic) bond motifs is 1. The predicted octanol–water partition coefficient (Wildman–Crippen LogP) is 3.98. The molecule has 1 atom stereocenters. The lowest BCUT2D eigenvalue weighted by molar-refractivity contribution is 0.498. The molecule has 0 fully saturated rings. The van der Waals surface area contributed by atoms with Gasteiger partial charge in [0.25, 0.3) is 0 Å². The maximum absolute atomic E-state index is 13.8. The first-order valence-electron chi connectivity index (χ1n) is 5.60. The van der Waals surface area contributed by atoms with E-state index in [1.165, 1.54) is 6.07 Å². The standard InChI is InChI=1S/C12H14F2N2S2/c1-7(6-18-2)5-16-11-9(15-12(16)17)4-3-8(13)10(11)14/h3-4,7H,5-6H2,1-2H3,(H,15,17). The van der Waals surface area contributed by atoms with Gasteiger partial charge in [0.15, 0.2) is 16.4 Å². The number of rotatable bonds is 4. The summed E-state index contributed by atoms with van der Waals surface area (Å²) in [5.74, 6) is -0.391. The summed E-state index contributed by atoms with van der Waals surface area (Å²) in [6.07, 6.45) is 2.02. The number of H-pyrrole nitrogens is 1. The van der Waals surface area contributed by atoms with Crippen molar-refractivity contribution in [2.45, 2.75) is 13.5 Å². The van der Waals surface area contributed by atoms with Crippen LogP contribution in [0.1, 0.15) is 6.92 Å². The first-order chi connectivity index (χ1) is 8.54. The molecule has 0 radical (unpaired) electrons. The number of hydrogen-bond donors (Lipinski definition) is 1. The van der Waals surface area contributed by atoms with Crippen molar-refractivity contribution in [1.82, 2.24) is 9.55 Å². The van der Waals surface area contributed by atoms with Crippen molar-refractivity contribution < 1.29 is 8.78 Å². The minimum Gasteiger partial charge on any atom is -0.330 e. The number of nitrogens with one attached hydrogen (secondary N) is 1. The molecule has 1 heterocycles. The molecule has 1 unspecified atom stereocenters. The molecule has 0 aliphatic carbocycles. The van der Waals surface area contributed by atoms with Crippen molar-refractivity contribution in [3.05, 3.63) is 28.5 Å². The van der Waals surface area contributed by atoms with Crippen molar-refractivity contribution in [2.24, 2.45) is 5.92 Å². The van der Waals surface area contributed by atoms with E-state index in [4.69, 9.17) is 12.2 Å². The van der Waals surface area contributed by atoms with Crippen LogP contribution in [0.4, 0.5) is 8.78 Å². The number of benzene rings is 1. The van der Waals surface area contributed by atoms with E-state index in [0.717, 1.165) is 11.8 Å². The van der Waals surface area contributed by atoms with Crippen LogP contribution in [0.5, 0.6) is 0 Å². The van der Waals surface area contributed by atoms with E-state index >= 15 is 0 Å². The zero-order chi connectivity index (χ0) is 13.3. The fourth-order valence-electron chi connectivity index (χ4n) is 2.01. The van der Waals surface area contributed by atoms with Crippen LogP contribution in [-0.2, 0) is 6.54 Å². The molecule has 0 saturated carbocycles. The van der Waals surface area contributed by atoms with Gasteiger partial charge in [-0.25, -0.2) is 8.78 Å². The molecule has 18 heavy (non-hydrogen) atoms. The van der Waals surface area contributed by atoms with Crippen LogP contribution in [0.25, 0.3) is 11.0 Å². The van der Waals surface area contributed by atoms with Gasteiger partial charge in [-0.15, -0.1) is 0 Å². The normalized spacial score (nSPS) is 13.1. The quantitative estimate of drug-likeness (QED) is 0.859. The Labute approximate surface area is 113 Å². The molecule has 0 aliphatic heterocycles. The molecule has 6 heteroatoms. The minimum absolute atomic E-state index is 0.230. The third kappa shape index (κ3) is 2.44. The highest BCUT2D eigenvalue weighted by Crippen LogP contribution is 2.22. The highest BCUT2D eigenvalue weighted by Gasteiger charge is 2.15. The lowest BCUT2D eigenvalue weighted by atomic mass is 10.2. The summed E-state index contributed by atoms with van der Waals surface area (Å²) >= 11 is 6.89. The average molecular weight is 288 g/mol. The first-order valence-corrected chi connectivity index (χ1v) is 7.40. The van der Waals surface area contributed by atoms with E-state index < -0.39 is 11.6 Å². The summed E-state index contributed by atoms with van der Waals surface area (Å²) in [6.45, 7) is 2.65. The number of aromatic amines is 1. The zero-order valence-corrected chi connectivity index (χ0v) is 11.8. The van der Waals surface area contributed by atoms with Gasteiger partial charge >= 0.3 is 0 Å². The lowest BCUT2D eigenvalue weighted by Gasteiger charge is -2.11. The Bertz CT molecular complexity index is 618. The monoisotopic (exact) mass is 288 g/mol. The number of imidazole rings is 1. The van der Waals surface area contributed by atoms with E-state index in [0.29, 0.717) is 22.8 Å². The van der Waals surface area contributed by atoms with Gasteiger partial charge in [-0.05, 0) is 42.3 Å². The van der Waals surface area contributed by atoms with Gasteiger partial charge in [0.05, 0.1) is 5.52 Å². The Morgan fingerprint density at radius 1 is 1.44 bits per heavy atom. The van der Waals surface area contributed by atoms with Crippen molar-refractivity contribution in [3.8, 4) is 0 Å². The molecule has 0 aliphatic rings. The van der Waals surface area contributed by atoms with E-state index in [2.05, 4.69) is 11.9 Å². The van der Waals surface area contributed by atoms with Gasteiger partial charge in [-0.1, -0.05) is 6.92 Å². The van der Waals surface area contributed by atoms with Gasteiger partial charge in [0, 0.05) is 6.54 Å². The summed E-state index contributed by atoms with van der Waals surface area (Å²) < 4.78 is 29.2. The van der Waals surface area contributed by atoms with Gasteiger partial charge in [0.1, 0.15) is 5.52 Å². The first kappa shape index (κ1) is 13.5. The molecule has 0 saturated heterocycles. The summed E-state index contributed by atoms with van der Waals surface area (Å²) in [4.78, 5) is 2.91. The SMILES string of the molecule is CSCC(C)Cn1c(=S)[nH]c2ccc(F)c(F)c21. The third-order valence-electron chi connectivity index (χ3n) is 2.77. The van der Waals surface area contributed by atoms with Gasteiger partial charge in [-0.2, -0.15) is 11.8 Å². The molecule has 2 nitrogen and oxygen atoms in total. The van der Waals surface area contributed by atoms with Crippen LogP contribution < -0.4 is 0 Å². The second kappa shape index (κ2) is 5.40. The number of aromatic nitrogens is 2. The van der Waals surface area contributed by atoms with E-state index in [1.807, 2.05) is 6.26 Å². The Morgan fingerprint density at radius 2 is 2.17 bits per heavy atom. The van der Waals surface area contributed by atoms with E-state index in [1.54, 1.807) is 16.3 Å². The van der Waals surface area contributed by atoms with Crippen LogP contribution in [0.2, 0.25) is 0 Å². The van der Waals surface area contributed by atoms with Crippen LogP contribution in [0.15, 0.2) is 12.1 Å². The molecular weight excluding hydrogens is 274 g/mol. The van der Waals surface area contributed by atoms with Crippen molar-refractivity contribution in [1.29, 1.82) is 0 Å². The second-order valence-electron chi connectivity index (χ2n) is 4.36. The Balaban J connectivity index is 2.52. The van der Waals surface area contributed by atoms with Gasteiger partial charge < -0.3 is 9.55 Å². The van der Waals surface area contributed by atoms with Crippen molar-refractivity contribution in [3.63, 3.8) is 0 Å². The molecule has 1 aromatic carbocycles. The summed E-state index contributed by atoms with van der Waals surface area (Å²) in [6, 6.07) is 2.62. The van der Waals surface area contributed by atoms with Crippen molar-refractivity contribution in [2.75, 3.05) is 12.0 Å². The fourth-order valence-corrected chi connectivity index (χ4v) is 2.96. The molecule has 98 valence electrons. The van der Waals surface area contributed by atoms with Crippen LogP contribution in [0.3, 0.4) is 0 Å². The maximum Gasteiger partial charge on any atom is 0.184 e. The molecule has 0 amide bonds. The number of thioether (sulfide) groups is 1. The third-order valence-corrected chi connectivity index (χ3v) is 4.00. The number of nitrogens with zero attached hydrogens (tertiary/aromatic N) is 1. The van der Waals surface area contributed by atoms with Gasteiger partial charge in [0.2, 0.25) is 0 Å².